The molecule has 2 aliphatic rings. The fourth-order valence-electron chi connectivity index (χ4n) is 4.44. The van der Waals surface area contributed by atoms with Crippen molar-refractivity contribution in [3.8, 4) is 11.5 Å². The van der Waals surface area contributed by atoms with Gasteiger partial charge in [-0.1, -0.05) is 48.5 Å². The Kier molecular flexibility index (Phi) is 7.09. The summed E-state index contributed by atoms with van der Waals surface area (Å²) in [5, 5.41) is 9.42. The Morgan fingerprint density at radius 3 is 2.89 bits per heavy atom. The number of rotatable bonds is 7. The van der Waals surface area contributed by atoms with E-state index < -0.39 is 6.04 Å². The third-order valence-corrected chi connectivity index (χ3v) is 7.70. The number of thioether (sulfide) groups is 1. The van der Waals surface area contributed by atoms with E-state index in [1.165, 1.54) is 0 Å². The molecule has 0 amide bonds. The second kappa shape index (κ2) is 10.2. The molecule has 1 N–H and O–H groups in total. The van der Waals surface area contributed by atoms with Gasteiger partial charge in [0.2, 0.25) is 11.1 Å². The first-order valence-corrected chi connectivity index (χ1v) is 13.5. The molecule has 182 valence electrons. The first kappa shape index (κ1) is 24.2. The van der Waals surface area contributed by atoms with Crippen LogP contribution in [0.2, 0.25) is 5.02 Å². The van der Waals surface area contributed by atoms with Crippen molar-refractivity contribution in [2.45, 2.75) is 44.0 Å². The number of allylic oxidation sites excluding steroid dienone is 2. The molecule has 7 nitrogen and oxygen atoms in total. The number of aromatic nitrogens is 3. The predicted octanol–water partition coefficient (Wildman–Crippen LogP) is 6.42. The molecular formula is C25H24BrClN4O3S. The molecule has 1 aliphatic heterocycles. The van der Waals surface area contributed by atoms with Crippen LogP contribution in [0, 0.1) is 0 Å². The minimum absolute atomic E-state index is 0.128. The van der Waals surface area contributed by atoms with Gasteiger partial charge in [-0.3, -0.25) is 4.79 Å². The Hall–Kier alpha value is -2.49. The van der Waals surface area contributed by atoms with Crippen LogP contribution in [0.4, 0.5) is 5.95 Å². The van der Waals surface area contributed by atoms with E-state index >= 15 is 0 Å². The van der Waals surface area contributed by atoms with Gasteiger partial charge in [0, 0.05) is 28.3 Å². The lowest BCUT2D eigenvalue weighted by Crippen LogP contribution is -2.31. The second-order valence-electron chi connectivity index (χ2n) is 8.21. The number of carbonyl (C=O) groups excluding carboxylic acids is 1. The highest BCUT2D eigenvalue weighted by atomic mass is 79.9. The molecule has 0 saturated heterocycles. The van der Waals surface area contributed by atoms with Crippen molar-refractivity contribution >= 4 is 51.0 Å². The summed E-state index contributed by atoms with van der Waals surface area (Å²) in [5.74, 6) is 2.75. The fourth-order valence-corrected chi connectivity index (χ4v) is 5.76. The van der Waals surface area contributed by atoms with Crippen molar-refractivity contribution in [3.05, 3.63) is 68.3 Å². The van der Waals surface area contributed by atoms with Gasteiger partial charge in [-0.25, -0.2) is 4.68 Å². The first-order valence-electron chi connectivity index (χ1n) is 11.4. The first-order chi connectivity index (χ1) is 17.0. The number of ether oxygens (including phenoxy) is 2. The Labute approximate surface area is 221 Å². The van der Waals surface area contributed by atoms with Crippen LogP contribution in [0.1, 0.15) is 43.4 Å². The monoisotopic (exact) mass is 574 g/mol. The van der Waals surface area contributed by atoms with E-state index in [4.69, 9.17) is 26.2 Å². The van der Waals surface area contributed by atoms with Crippen LogP contribution in [0.3, 0.4) is 0 Å². The minimum Gasteiger partial charge on any atom is -0.493 e. The summed E-state index contributed by atoms with van der Waals surface area (Å²) in [6.07, 6.45) is 2.15. The number of benzene rings is 2. The average molecular weight is 576 g/mol. The number of hydrogen-bond acceptors (Lipinski definition) is 7. The number of anilines is 1. The van der Waals surface area contributed by atoms with E-state index in [1.54, 1.807) is 18.9 Å². The zero-order valence-corrected chi connectivity index (χ0v) is 22.5. The molecule has 2 heterocycles. The van der Waals surface area contributed by atoms with Crippen molar-refractivity contribution in [3.63, 3.8) is 0 Å². The maximum atomic E-state index is 13.1. The number of methoxy groups -OCH3 is 1. The van der Waals surface area contributed by atoms with E-state index in [-0.39, 0.29) is 5.78 Å². The Bertz CT molecular complexity index is 1330. The number of fused-ring (bicyclic) bond motifs is 1. The molecule has 3 aromatic rings. The molecule has 1 aliphatic carbocycles. The number of Topliss-reactive ketones (excluding diaryl/α,β-unsaturated/α-hetero) is 1. The van der Waals surface area contributed by atoms with Crippen LogP contribution < -0.4 is 14.8 Å². The summed E-state index contributed by atoms with van der Waals surface area (Å²) in [7, 11) is 1.60. The maximum absolute atomic E-state index is 13.1. The summed E-state index contributed by atoms with van der Waals surface area (Å²) in [6.45, 7) is 2.35. The van der Waals surface area contributed by atoms with Crippen LogP contribution in [-0.4, -0.2) is 33.4 Å². The number of nitrogens with one attached hydrogen (secondary N) is 1. The highest BCUT2D eigenvalue weighted by Gasteiger charge is 2.37. The summed E-state index contributed by atoms with van der Waals surface area (Å²) in [4.78, 5) is 17.8. The standard InChI is InChI=1S/C25H24BrClN4O3S/c1-3-35-25-29-24-28-18-9-6-10-19(32)21(18)22(31(24)30-25)15-11-16(26)23(20(12-15)33-2)34-13-14-7-4-5-8-17(14)27/h4-5,7-8,11-12,22H,3,6,9-10,13H2,1-2H3,(H,28,29,30). The lowest BCUT2D eigenvalue weighted by molar-refractivity contribution is -0.116. The van der Waals surface area contributed by atoms with Crippen LogP contribution in [0.15, 0.2) is 57.3 Å². The lowest BCUT2D eigenvalue weighted by Gasteiger charge is -2.32. The lowest BCUT2D eigenvalue weighted by atomic mass is 9.85. The zero-order chi connectivity index (χ0) is 24.5. The summed E-state index contributed by atoms with van der Waals surface area (Å²) < 4.78 is 14.4. The normalized spacial score (nSPS) is 17.0. The third-order valence-electron chi connectivity index (χ3n) is 6.02. The van der Waals surface area contributed by atoms with E-state index in [0.717, 1.165) is 41.0 Å². The van der Waals surface area contributed by atoms with Crippen molar-refractivity contribution in [1.29, 1.82) is 0 Å². The highest BCUT2D eigenvalue weighted by Crippen LogP contribution is 2.45. The molecular weight excluding hydrogens is 552 g/mol. The number of nitrogens with zero attached hydrogens (tertiary/aromatic N) is 3. The SMILES string of the molecule is CCSc1nc2n(n1)C(c1cc(Br)c(OCc3ccccc3Cl)c(OC)c1)C1=C(CCCC1=O)N2. The molecule has 0 radical (unpaired) electrons. The number of carbonyl (C=O) groups is 1. The Morgan fingerprint density at radius 1 is 1.29 bits per heavy atom. The van der Waals surface area contributed by atoms with Crippen molar-refractivity contribution in [2.75, 3.05) is 18.2 Å². The van der Waals surface area contributed by atoms with Gasteiger partial charge < -0.3 is 14.8 Å². The molecule has 0 saturated carbocycles. The zero-order valence-electron chi connectivity index (χ0n) is 19.3. The smallest absolute Gasteiger partial charge is 0.227 e. The number of halogens is 2. The van der Waals surface area contributed by atoms with Gasteiger partial charge >= 0.3 is 0 Å². The molecule has 1 unspecified atom stereocenters. The van der Waals surface area contributed by atoms with Gasteiger partial charge in [0.1, 0.15) is 12.6 Å². The van der Waals surface area contributed by atoms with Crippen LogP contribution in [0.25, 0.3) is 0 Å². The van der Waals surface area contributed by atoms with Gasteiger partial charge in [-0.15, -0.1) is 5.10 Å². The molecule has 0 bridgehead atoms. The number of ketones is 1. The van der Waals surface area contributed by atoms with Crippen molar-refractivity contribution in [1.82, 2.24) is 14.8 Å². The quantitative estimate of drug-likeness (QED) is 0.326. The van der Waals surface area contributed by atoms with E-state index in [2.05, 4.69) is 33.2 Å². The highest BCUT2D eigenvalue weighted by molar-refractivity contribution is 9.10. The maximum Gasteiger partial charge on any atom is 0.227 e. The van der Waals surface area contributed by atoms with Gasteiger partial charge in [0.05, 0.1) is 11.6 Å². The van der Waals surface area contributed by atoms with E-state index in [1.807, 2.05) is 41.1 Å². The summed E-state index contributed by atoms with van der Waals surface area (Å²) in [5.41, 5.74) is 3.40. The van der Waals surface area contributed by atoms with Crippen LogP contribution in [-0.2, 0) is 11.4 Å². The summed E-state index contributed by atoms with van der Waals surface area (Å²) in [6, 6.07) is 11.0. The van der Waals surface area contributed by atoms with E-state index in [0.29, 0.717) is 45.1 Å². The molecule has 10 heteroatoms. The fraction of sp³-hybridized carbons (Fsp3) is 0.320. The van der Waals surface area contributed by atoms with Gasteiger partial charge in [-0.05, 0) is 58.3 Å². The molecule has 1 aromatic heterocycles. The van der Waals surface area contributed by atoms with Crippen molar-refractivity contribution < 1.29 is 14.3 Å². The largest absolute Gasteiger partial charge is 0.493 e. The van der Waals surface area contributed by atoms with Crippen LogP contribution in [0.5, 0.6) is 11.5 Å². The van der Waals surface area contributed by atoms with Crippen LogP contribution >= 0.6 is 39.3 Å². The molecule has 2 aromatic carbocycles. The number of hydrogen-bond donors (Lipinski definition) is 1. The summed E-state index contributed by atoms with van der Waals surface area (Å²) >= 11 is 11.5. The van der Waals surface area contributed by atoms with Crippen molar-refractivity contribution in [2.24, 2.45) is 0 Å². The second-order valence-corrected chi connectivity index (χ2v) is 10.7. The van der Waals surface area contributed by atoms with E-state index in [9.17, 15) is 4.79 Å². The average Bonchev–Trinajstić information content (AvgIpc) is 3.25. The molecule has 1 atom stereocenters. The van der Waals surface area contributed by atoms with Gasteiger partial charge in [0.15, 0.2) is 17.3 Å². The Morgan fingerprint density at radius 2 is 2.11 bits per heavy atom. The Balaban J connectivity index is 1.56. The van der Waals surface area contributed by atoms with Gasteiger partial charge in [-0.2, -0.15) is 4.98 Å². The molecule has 0 fully saturated rings. The molecule has 0 spiro atoms. The minimum atomic E-state index is -0.407. The molecule has 35 heavy (non-hydrogen) atoms. The third kappa shape index (κ3) is 4.69. The molecule has 5 rings (SSSR count). The van der Waals surface area contributed by atoms with Gasteiger partial charge in [0.25, 0.3) is 0 Å². The predicted molar refractivity (Wildman–Crippen MR) is 141 cm³/mol. The topological polar surface area (TPSA) is 78.3 Å².